The summed E-state index contributed by atoms with van der Waals surface area (Å²) >= 11 is 1.56. The standard InChI is InChI=1S/C23H24N6O2S/c1-2-3-6-21-24-14-19(12-18(23(30)31)13-20-5-4-11-32-20)29(21)15-16-7-9-17(10-8-16)22-25-27-28-26-22/h4-5,7-12,14H,2-3,6,13,15H2,1H3,(H,30,31)(H,25,26,27,28)/b18-12+. The van der Waals surface area contributed by atoms with Crippen LogP contribution in [0.4, 0.5) is 0 Å². The number of carbonyl (C=O) groups is 1. The number of rotatable bonds is 10. The van der Waals surface area contributed by atoms with E-state index in [1.165, 1.54) is 0 Å². The van der Waals surface area contributed by atoms with E-state index in [0.29, 0.717) is 24.4 Å². The molecule has 4 aromatic rings. The maximum Gasteiger partial charge on any atom is 0.332 e. The van der Waals surface area contributed by atoms with E-state index in [4.69, 9.17) is 0 Å². The Morgan fingerprint density at radius 1 is 1.25 bits per heavy atom. The second-order valence-electron chi connectivity index (χ2n) is 7.47. The average Bonchev–Trinajstić information content (AvgIpc) is 3.56. The average molecular weight is 449 g/mol. The molecule has 0 spiro atoms. The van der Waals surface area contributed by atoms with Gasteiger partial charge in [-0.1, -0.05) is 43.7 Å². The van der Waals surface area contributed by atoms with Crippen LogP contribution in [0, 0.1) is 0 Å². The van der Waals surface area contributed by atoms with Crippen LogP contribution in [-0.2, 0) is 24.2 Å². The summed E-state index contributed by atoms with van der Waals surface area (Å²) in [5, 5.41) is 25.7. The second kappa shape index (κ2) is 10.1. The fourth-order valence-corrected chi connectivity index (χ4v) is 4.19. The van der Waals surface area contributed by atoms with Crippen LogP contribution in [0.5, 0.6) is 0 Å². The molecule has 0 aliphatic rings. The molecule has 4 rings (SSSR count). The molecular formula is C23H24N6O2S. The summed E-state index contributed by atoms with van der Waals surface area (Å²) in [5.74, 6) is 0.667. The summed E-state index contributed by atoms with van der Waals surface area (Å²) in [6.07, 6.45) is 6.85. The minimum absolute atomic E-state index is 0.351. The molecule has 0 atom stereocenters. The van der Waals surface area contributed by atoms with E-state index in [9.17, 15) is 9.90 Å². The molecule has 0 radical (unpaired) electrons. The van der Waals surface area contributed by atoms with Gasteiger partial charge < -0.3 is 9.67 Å². The number of carboxylic acids is 1. The number of benzene rings is 1. The van der Waals surface area contributed by atoms with E-state index >= 15 is 0 Å². The maximum atomic E-state index is 11.9. The van der Waals surface area contributed by atoms with Crippen molar-refractivity contribution < 1.29 is 9.90 Å². The highest BCUT2D eigenvalue weighted by atomic mass is 32.1. The number of hydrogen-bond acceptors (Lipinski definition) is 6. The number of aromatic amines is 1. The van der Waals surface area contributed by atoms with Crippen molar-refractivity contribution in [1.29, 1.82) is 0 Å². The summed E-state index contributed by atoms with van der Waals surface area (Å²) < 4.78 is 2.11. The van der Waals surface area contributed by atoms with Crippen molar-refractivity contribution in [3.8, 4) is 11.4 Å². The van der Waals surface area contributed by atoms with Gasteiger partial charge in [-0.2, -0.15) is 0 Å². The molecular weight excluding hydrogens is 424 g/mol. The van der Waals surface area contributed by atoms with Gasteiger partial charge in [-0.15, -0.1) is 16.4 Å². The number of nitrogens with zero attached hydrogens (tertiary/aromatic N) is 5. The van der Waals surface area contributed by atoms with Crippen LogP contribution in [0.15, 0.2) is 53.5 Å². The van der Waals surface area contributed by atoms with Crippen molar-refractivity contribution in [3.63, 3.8) is 0 Å². The fourth-order valence-electron chi connectivity index (χ4n) is 3.46. The molecule has 0 bridgehead atoms. The quantitative estimate of drug-likeness (QED) is 0.352. The third-order valence-electron chi connectivity index (χ3n) is 5.18. The van der Waals surface area contributed by atoms with E-state index in [-0.39, 0.29) is 0 Å². The van der Waals surface area contributed by atoms with Crippen LogP contribution in [-0.4, -0.2) is 41.3 Å². The van der Waals surface area contributed by atoms with Crippen LogP contribution in [0.2, 0.25) is 0 Å². The number of aliphatic carboxylic acids is 1. The number of thiophene rings is 1. The number of carboxylic acid groups (broad SMARTS) is 1. The zero-order valence-electron chi connectivity index (χ0n) is 17.7. The van der Waals surface area contributed by atoms with Crippen LogP contribution in [0.25, 0.3) is 17.5 Å². The Bertz CT molecular complexity index is 1180. The highest BCUT2D eigenvalue weighted by molar-refractivity contribution is 7.09. The van der Waals surface area contributed by atoms with Gasteiger partial charge in [0.2, 0.25) is 0 Å². The Balaban J connectivity index is 1.63. The first-order valence-corrected chi connectivity index (χ1v) is 11.4. The van der Waals surface area contributed by atoms with Gasteiger partial charge in [-0.25, -0.2) is 14.9 Å². The van der Waals surface area contributed by atoms with E-state index < -0.39 is 5.97 Å². The molecule has 0 aliphatic heterocycles. The molecule has 3 heterocycles. The second-order valence-corrected chi connectivity index (χ2v) is 8.50. The lowest BCUT2D eigenvalue weighted by atomic mass is 10.1. The van der Waals surface area contributed by atoms with Gasteiger partial charge in [0.25, 0.3) is 0 Å². The minimum Gasteiger partial charge on any atom is -0.478 e. The number of hydrogen-bond donors (Lipinski definition) is 2. The summed E-state index contributed by atoms with van der Waals surface area (Å²) in [4.78, 5) is 17.6. The summed E-state index contributed by atoms with van der Waals surface area (Å²) in [7, 11) is 0. The van der Waals surface area contributed by atoms with E-state index in [2.05, 4.69) is 37.1 Å². The number of aryl methyl sites for hydroxylation is 1. The molecule has 32 heavy (non-hydrogen) atoms. The molecule has 0 fully saturated rings. The molecule has 164 valence electrons. The number of imidazole rings is 1. The molecule has 0 saturated heterocycles. The summed E-state index contributed by atoms with van der Waals surface area (Å²) in [6.45, 7) is 2.75. The van der Waals surface area contributed by atoms with Crippen molar-refractivity contribution in [2.24, 2.45) is 0 Å². The molecule has 1 aromatic carbocycles. The lowest BCUT2D eigenvalue weighted by Crippen LogP contribution is -2.09. The van der Waals surface area contributed by atoms with Crippen LogP contribution < -0.4 is 0 Å². The summed E-state index contributed by atoms with van der Waals surface area (Å²) in [5.41, 5.74) is 3.14. The highest BCUT2D eigenvalue weighted by Gasteiger charge is 2.14. The smallest absolute Gasteiger partial charge is 0.332 e. The van der Waals surface area contributed by atoms with Crippen LogP contribution in [0.3, 0.4) is 0 Å². The number of nitrogens with one attached hydrogen (secondary N) is 1. The van der Waals surface area contributed by atoms with Crippen molar-refractivity contribution in [2.75, 3.05) is 0 Å². The normalized spacial score (nSPS) is 11.7. The van der Waals surface area contributed by atoms with Crippen molar-refractivity contribution >= 4 is 23.4 Å². The Morgan fingerprint density at radius 3 is 2.75 bits per heavy atom. The molecule has 0 unspecified atom stereocenters. The van der Waals surface area contributed by atoms with Gasteiger partial charge in [0.15, 0.2) is 5.82 Å². The van der Waals surface area contributed by atoms with Crippen LogP contribution >= 0.6 is 11.3 Å². The predicted molar refractivity (Wildman–Crippen MR) is 123 cm³/mol. The fraction of sp³-hybridized carbons (Fsp3) is 0.261. The Hall–Kier alpha value is -3.59. The lowest BCUT2D eigenvalue weighted by molar-refractivity contribution is -0.132. The number of tetrazole rings is 1. The molecule has 9 heteroatoms. The molecule has 8 nitrogen and oxygen atoms in total. The van der Waals surface area contributed by atoms with Crippen molar-refractivity contribution in [2.45, 2.75) is 39.2 Å². The Morgan fingerprint density at radius 2 is 2.09 bits per heavy atom. The molecule has 3 aromatic heterocycles. The third-order valence-corrected chi connectivity index (χ3v) is 6.05. The van der Waals surface area contributed by atoms with Crippen molar-refractivity contribution in [3.05, 3.63) is 75.5 Å². The molecule has 2 N–H and O–H groups in total. The highest BCUT2D eigenvalue weighted by Crippen LogP contribution is 2.21. The lowest BCUT2D eigenvalue weighted by Gasteiger charge is -2.12. The Kier molecular flexibility index (Phi) is 6.86. The zero-order chi connectivity index (χ0) is 22.3. The third kappa shape index (κ3) is 5.17. The van der Waals surface area contributed by atoms with Gasteiger partial charge in [0.1, 0.15) is 5.82 Å². The number of H-pyrrole nitrogens is 1. The van der Waals surface area contributed by atoms with Crippen LogP contribution in [0.1, 0.15) is 41.7 Å². The topological polar surface area (TPSA) is 110 Å². The van der Waals surface area contributed by atoms with E-state index in [0.717, 1.165) is 46.8 Å². The zero-order valence-corrected chi connectivity index (χ0v) is 18.5. The molecule has 0 amide bonds. The molecule has 0 saturated carbocycles. The van der Waals surface area contributed by atoms with Gasteiger partial charge in [0.05, 0.1) is 11.9 Å². The number of aromatic nitrogens is 6. The first-order chi connectivity index (χ1) is 15.6. The SMILES string of the molecule is CCCCc1ncc(/C=C(\Cc2cccs2)C(=O)O)n1Cc1ccc(-c2nnn[nH]2)cc1. The first-order valence-electron chi connectivity index (χ1n) is 10.5. The summed E-state index contributed by atoms with van der Waals surface area (Å²) in [6, 6.07) is 11.9. The largest absolute Gasteiger partial charge is 0.478 e. The predicted octanol–water partition coefficient (Wildman–Crippen LogP) is 4.23. The Labute approximate surface area is 189 Å². The monoisotopic (exact) mass is 448 g/mol. The van der Waals surface area contributed by atoms with Gasteiger partial charge in [-0.3, -0.25) is 0 Å². The first kappa shape index (κ1) is 21.6. The van der Waals surface area contributed by atoms with Crippen molar-refractivity contribution in [1.82, 2.24) is 30.2 Å². The van der Waals surface area contributed by atoms with E-state index in [1.54, 1.807) is 23.6 Å². The number of unbranched alkanes of at least 4 members (excludes halogenated alkanes) is 1. The van der Waals surface area contributed by atoms with Gasteiger partial charge in [0, 0.05) is 35.4 Å². The molecule has 0 aliphatic carbocycles. The van der Waals surface area contributed by atoms with E-state index in [1.807, 2.05) is 41.8 Å². The maximum absolute atomic E-state index is 11.9. The van der Waals surface area contributed by atoms with Gasteiger partial charge >= 0.3 is 5.97 Å². The van der Waals surface area contributed by atoms with Gasteiger partial charge in [-0.05, 0) is 39.9 Å². The minimum atomic E-state index is -0.911.